The first kappa shape index (κ1) is 11.5. The number of rotatable bonds is 4. The summed E-state index contributed by atoms with van der Waals surface area (Å²) in [6.45, 7) is 2.83. The molecule has 0 spiro atoms. The van der Waals surface area contributed by atoms with Gasteiger partial charge in [0.1, 0.15) is 10.7 Å². The Bertz CT molecular complexity index is 535. The summed E-state index contributed by atoms with van der Waals surface area (Å²) < 4.78 is 1.81. The molecule has 0 aliphatic heterocycles. The van der Waals surface area contributed by atoms with Gasteiger partial charge < -0.3 is 11.1 Å². The van der Waals surface area contributed by atoms with Gasteiger partial charge in [0.05, 0.1) is 0 Å². The summed E-state index contributed by atoms with van der Waals surface area (Å²) in [5, 5.41) is 7.24. The molecule has 17 heavy (non-hydrogen) atoms. The van der Waals surface area contributed by atoms with Crippen molar-refractivity contribution in [3.05, 3.63) is 30.2 Å². The first-order valence-corrected chi connectivity index (χ1v) is 5.53. The number of nitrogens with two attached hydrogens (primary N) is 1. The van der Waals surface area contributed by atoms with Crippen molar-refractivity contribution in [1.82, 2.24) is 19.7 Å². The van der Waals surface area contributed by atoms with Crippen molar-refractivity contribution in [2.75, 3.05) is 5.32 Å². The Morgan fingerprint density at radius 1 is 1.53 bits per heavy atom. The summed E-state index contributed by atoms with van der Waals surface area (Å²) in [4.78, 5) is 8.48. The molecule has 0 amide bonds. The lowest BCUT2D eigenvalue weighted by Crippen LogP contribution is -2.12. The standard InChI is InChI=1S/C10H12N6S/c1-2-16-6-4-8(15-16)14-10-12-5-3-7(13-10)9(11)17/h3-6H,2H2,1H3,(H2,11,17)(H,12,13,14,15). The van der Waals surface area contributed by atoms with Gasteiger partial charge in [0, 0.05) is 25.0 Å². The van der Waals surface area contributed by atoms with Gasteiger partial charge in [-0.2, -0.15) is 5.10 Å². The number of anilines is 2. The second-order valence-electron chi connectivity index (χ2n) is 3.31. The van der Waals surface area contributed by atoms with Gasteiger partial charge in [0.25, 0.3) is 0 Å². The molecule has 0 fully saturated rings. The minimum absolute atomic E-state index is 0.245. The second-order valence-corrected chi connectivity index (χ2v) is 3.75. The van der Waals surface area contributed by atoms with Crippen molar-refractivity contribution in [2.45, 2.75) is 13.5 Å². The van der Waals surface area contributed by atoms with Gasteiger partial charge in [0.15, 0.2) is 5.82 Å². The molecule has 2 heterocycles. The highest BCUT2D eigenvalue weighted by Gasteiger charge is 2.03. The van der Waals surface area contributed by atoms with Crippen molar-refractivity contribution < 1.29 is 0 Å². The van der Waals surface area contributed by atoms with E-state index < -0.39 is 0 Å². The predicted octanol–water partition coefficient (Wildman–Crippen LogP) is 1.07. The van der Waals surface area contributed by atoms with E-state index in [1.54, 1.807) is 16.9 Å². The molecule has 0 atom stereocenters. The summed E-state index contributed by atoms with van der Waals surface area (Å²) >= 11 is 4.85. The number of aromatic nitrogens is 4. The fraction of sp³-hybridized carbons (Fsp3) is 0.200. The van der Waals surface area contributed by atoms with Crippen LogP contribution in [0.4, 0.5) is 11.8 Å². The second kappa shape index (κ2) is 4.88. The van der Waals surface area contributed by atoms with Gasteiger partial charge in [0.2, 0.25) is 5.95 Å². The van der Waals surface area contributed by atoms with E-state index in [0.29, 0.717) is 17.5 Å². The van der Waals surface area contributed by atoms with Crippen LogP contribution in [0.15, 0.2) is 24.5 Å². The van der Waals surface area contributed by atoms with Gasteiger partial charge in [-0.3, -0.25) is 4.68 Å². The molecular formula is C10H12N6S. The van der Waals surface area contributed by atoms with Crippen LogP contribution in [0, 0.1) is 0 Å². The van der Waals surface area contributed by atoms with E-state index in [1.165, 1.54) is 0 Å². The van der Waals surface area contributed by atoms with Gasteiger partial charge in [-0.1, -0.05) is 12.2 Å². The van der Waals surface area contributed by atoms with E-state index in [0.717, 1.165) is 6.54 Å². The zero-order valence-electron chi connectivity index (χ0n) is 9.29. The molecule has 0 radical (unpaired) electrons. The van der Waals surface area contributed by atoms with Crippen LogP contribution in [0.25, 0.3) is 0 Å². The quantitative estimate of drug-likeness (QED) is 0.788. The SMILES string of the molecule is CCn1ccc(Nc2nccc(C(N)=S)n2)n1. The van der Waals surface area contributed by atoms with Crippen LogP contribution in [0.3, 0.4) is 0 Å². The minimum atomic E-state index is 0.245. The number of nitrogens with zero attached hydrogens (tertiary/aromatic N) is 4. The highest BCUT2D eigenvalue weighted by Crippen LogP contribution is 2.09. The van der Waals surface area contributed by atoms with E-state index in [2.05, 4.69) is 20.4 Å². The normalized spacial score (nSPS) is 10.2. The maximum absolute atomic E-state index is 5.50. The maximum atomic E-state index is 5.50. The number of hydrogen-bond acceptors (Lipinski definition) is 5. The third-order valence-corrected chi connectivity index (χ3v) is 2.32. The molecule has 0 saturated heterocycles. The Morgan fingerprint density at radius 3 is 3.00 bits per heavy atom. The smallest absolute Gasteiger partial charge is 0.229 e. The molecule has 3 N–H and O–H groups in total. The molecule has 2 aromatic heterocycles. The molecule has 2 aromatic rings. The molecule has 6 nitrogen and oxygen atoms in total. The fourth-order valence-electron chi connectivity index (χ4n) is 1.28. The van der Waals surface area contributed by atoms with Crippen LogP contribution in [0.5, 0.6) is 0 Å². The largest absolute Gasteiger partial charge is 0.388 e. The number of hydrogen-bond donors (Lipinski definition) is 2. The number of nitrogens with one attached hydrogen (secondary N) is 1. The molecule has 0 unspecified atom stereocenters. The van der Waals surface area contributed by atoms with Crippen LogP contribution in [-0.4, -0.2) is 24.7 Å². The summed E-state index contributed by atoms with van der Waals surface area (Å²) in [6, 6.07) is 3.51. The van der Waals surface area contributed by atoms with Crippen molar-refractivity contribution in [3.8, 4) is 0 Å². The van der Waals surface area contributed by atoms with E-state index in [4.69, 9.17) is 18.0 Å². The molecule has 0 aliphatic carbocycles. The molecule has 0 bridgehead atoms. The van der Waals surface area contributed by atoms with Crippen molar-refractivity contribution >= 4 is 29.0 Å². The number of aryl methyl sites for hydroxylation is 1. The summed E-state index contributed by atoms with van der Waals surface area (Å²) in [5.41, 5.74) is 6.03. The summed E-state index contributed by atoms with van der Waals surface area (Å²) in [7, 11) is 0. The van der Waals surface area contributed by atoms with Crippen molar-refractivity contribution in [1.29, 1.82) is 0 Å². The molecule has 88 valence electrons. The van der Waals surface area contributed by atoms with Crippen LogP contribution in [0.2, 0.25) is 0 Å². The van der Waals surface area contributed by atoms with E-state index in [9.17, 15) is 0 Å². The topological polar surface area (TPSA) is 81.7 Å². The highest BCUT2D eigenvalue weighted by atomic mass is 32.1. The lowest BCUT2D eigenvalue weighted by Gasteiger charge is -2.02. The average Bonchev–Trinajstić information content (AvgIpc) is 2.77. The average molecular weight is 248 g/mol. The lowest BCUT2D eigenvalue weighted by molar-refractivity contribution is 0.662. The molecular weight excluding hydrogens is 236 g/mol. The van der Waals surface area contributed by atoms with Gasteiger partial charge in [-0.05, 0) is 13.0 Å². The van der Waals surface area contributed by atoms with Crippen LogP contribution < -0.4 is 11.1 Å². The van der Waals surface area contributed by atoms with Gasteiger partial charge >= 0.3 is 0 Å². The number of thiocarbonyl (C=S) groups is 1. The van der Waals surface area contributed by atoms with E-state index >= 15 is 0 Å². The first-order valence-electron chi connectivity index (χ1n) is 5.12. The maximum Gasteiger partial charge on any atom is 0.229 e. The third kappa shape index (κ3) is 2.76. The zero-order chi connectivity index (χ0) is 12.3. The fourth-order valence-corrected chi connectivity index (χ4v) is 1.39. The molecule has 2 rings (SSSR count). The lowest BCUT2D eigenvalue weighted by atomic mass is 10.4. The van der Waals surface area contributed by atoms with Crippen LogP contribution in [-0.2, 0) is 6.54 Å². The minimum Gasteiger partial charge on any atom is -0.388 e. The molecule has 0 aromatic carbocycles. The van der Waals surface area contributed by atoms with Crippen molar-refractivity contribution in [2.24, 2.45) is 5.73 Å². The monoisotopic (exact) mass is 248 g/mol. The van der Waals surface area contributed by atoms with Crippen molar-refractivity contribution in [3.63, 3.8) is 0 Å². The summed E-state index contributed by atoms with van der Waals surface area (Å²) in [5.74, 6) is 1.11. The first-order chi connectivity index (χ1) is 8.19. The Balaban J connectivity index is 2.18. The Labute approximate surface area is 104 Å². The van der Waals surface area contributed by atoms with Crippen LogP contribution >= 0.6 is 12.2 Å². The Kier molecular flexibility index (Phi) is 3.29. The molecule has 7 heteroatoms. The zero-order valence-corrected chi connectivity index (χ0v) is 10.1. The third-order valence-electron chi connectivity index (χ3n) is 2.11. The van der Waals surface area contributed by atoms with Crippen LogP contribution in [0.1, 0.15) is 12.6 Å². The summed E-state index contributed by atoms with van der Waals surface area (Å²) in [6.07, 6.45) is 3.47. The Morgan fingerprint density at radius 2 is 2.35 bits per heavy atom. The molecule has 0 aliphatic rings. The van der Waals surface area contributed by atoms with E-state index in [-0.39, 0.29) is 4.99 Å². The molecule has 0 saturated carbocycles. The van der Waals surface area contributed by atoms with Gasteiger partial charge in [-0.25, -0.2) is 9.97 Å². The highest BCUT2D eigenvalue weighted by molar-refractivity contribution is 7.80. The predicted molar refractivity (Wildman–Crippen MR) is 69.1 cm³/mol. The van der Waals surface area contributed by atoms with Gasteiger partial charge in [-0.15, -0.1) is 0 Å². The Hall–Kier alpha value is -2.02. The van der Waals surface area contributed by atoms with E-state index in [1.807, 2.05) is 19.2 Å².